The van der Waals surface area contributed by atoms with Gasteiger partial charge in [0, 0.05) is 23.5 Å². The van der Waals surface area contributed by atoms with Crippen LogP contribution in [0.1, 0.15) is 0 Å². The summed E-state index contributed by atoms with van der Waals surface area (Å²) in [5.74, 6) is 0.664. The number of hydrogen-bond acceptors (Lipinski definition) is 3. The summed E-state index contributed by atoms with van der Waals surface area (Å²) < 4.78 is 5.05. The lowest BCUT2D eigenvalue weighted by Gasteiger charge is -2.03. The Kier molecular flexibility index (Phi) is 2.49. The zero-order chi connectivity index (χ0) is 10.7. The first-order valence-corrected chi connectivity index (χ1v) is 4.48. The molecule has 0 atom stereocenters. The van der Waals surface area contributed by atoms with Gasteiger partial charge in [-0.15, -0.1) is 0 Å². The van der Waals surface area contributed by atoms with Gasteiger partial charge in [-0.3, -0.25) is 9.78 Å². The molecule has 0 saturated carbocycles. The molecular formula is C11H10N2O2. The molecule has 2 aromatic heterocycles. The average Bonchev–Trinajstić information content (AvgIpc) is 2.29. The third-order valence-corrected chi connectivity index (χ3v) is 2.03. The molecule has 0 fully saturated rings. The van der Waals surface area contributed by atoms with Crippen molar-refractivity contribution in [2.75, 3.05) is 7.11 Å². The molecule has 0 radical (unpaired) electrons. The van der Waals surface area contributed by atoms with Crippen molar-refractivity contribution in [3.05, 3.63) is 47.0 Å². The smallest absolute Gasteiger partial charge is 0.248 e. The van der Waals surface area contributed by atoms with Crippen molar-refractivity contribution in [3.63, 3.8) is 0 Å². The number of aromatic amines is 1. The Balaban J connectivity index is 2.49. The molecule has 0 bridgehead atoms. The van der Waals surface area contributed by atoms with E-state index < -0.39 is 0 Å². The van der Waals surface area contributed by atoms with Gasteiger partial charge in [-0.25, -0.2) is 0 Å². The Hall–Kier alpha value is -2.10. The summed E-state index contributed by atoms with van der Waals surface area (Å²) in [5.41, 5.74) is 1.43. The summed E-state index contributed by atoms with van der Waals surface area (Å²) >= 11 is 0. The number of hydrogen-bond donors (Lipinski definition) is 1. The van der Waals surface area contributed by atoms with Crippen LogP contribution in [-0.4, -0.2) is 17.1 Å². The monoisotopic (exact) mass is 202 g/mol. The number of nitrogens with zero attached hydrogens (tertiary/aromatic N) is 1. The van der Waals surface area contributed by atoms with Crippen LogP contribution in [0.5, 0.6) is 5.75 Å². The first-order valence-electron chi connectivity index (χ1n) is 4.48. The van der Waals surface area contributed by atoms with Gasteiger partial charge in [0.1, 0.15) is 5.75 Å². The van der Waals surface area contributed by atoms with Crippen molar-refractivity contribution in [1.29, 1.82) is 0 Å². The van der Waals surface area contributed by atoms with Crippen molar-refractivity contribution in [1.82, 2.24) is 9.97 Å². The van der Waals surface area contributed by atoms with E-state index in [4.69, 9.17) is 4.74 Å². The largest absolute Gasteiger partial charge is 0.495 e. The van der Waals surface area contributed by atoms with Gasteiger partial charge < -0.3 is 9.72 Å². The average molecular weight is 202 g/mol. The van der Waals surface area contributed by atoms with Gasteiger partial charge in [0.25, 0.3) is 0 Å². The van der Waals surface area contributed by atoms with Crippen LogP contribution in [0.2, 0.25) is 0 Å². The van der Waals surface area contributed by atoms with E-state index in [9.17, 15) is 4.79 Å². The molecule has 4 heteroatoms. The lowest BCUT2D eigenvalue weighted by Crippen LogP contribution is -2.03. The van der Waals surface area contributed by atoms with E-state index in [0.717, 1.165) is 11.3 Å². The summed E-state index contributed by atoms with van der Waals surface area (Å²) in [4.78, 5) is 17.8. The van der Waals surface area contributed by atoms with Crippen LogP contribution in [0.3, 0.4) is 0 Å². The van der Waals surface area contributed by atoms with E-state index >= 15 is 0 Å². The van der Waals surface area contributed by atoms with Gasteiger partial charge >= 0.3 is 0 Å². The summed E-state index contributed by atoms with van der Waals surface area (Å²) in [6.45, 7) is 0. The molecule has 2 rings (SSSR count). The van der Waals surface area contributed by atoms with E-state index in [0.29, 0.717) is 5.75 Å². The van der Waals surface area contributed by atoms with E-state index in [2.05, 4.69) is 9.97 Å². The summed E-state index contributed by atoms with van der Waals surface area (Å²) in [7, 11) is 1.58. The zero-order valence-electron chi connectivity index (χ0n) is 8.23. The van der Waals surface area contributed by atoms with Gasteiger partial charge in [0.05, 0.1) is 13.3 Å². The first kappa shape index (κ1) is 9.45. The van der Waals surface area contributed by atoms with Crippen molar-refractivity contribution in [3.8, 4) is 17.0 Å². The molecular weight excluding hydrogens is 192 g/mol. The lowest BCUT2D eigenvalue weighted by atomic mass is 10.2. The third kappa shape index (κ3) is 2.04. The van der Waals surface area contributed by atoms with E-state index in [1.807, 2.05) is 12.1 Å². The fourth-order valence-corrected chi connectivity index (χ4v) is 1.29. The SMILES string of the molecule is COc1cncc(-c2cccc(=O)[nH]2)c1. The maximum absolute atomic E-state index is 11.1. The second-order valence-electron chi connectivity index (χ2n) is 3.04. The highest BCUT2D eigenvalue weighted by Gasteiger charge is 2.00. The molecule has 0 aromatic carbocycles. The molecule has 0 unspecified atom stereocenters. The molecule has 76 valence electrons. The van der Waals surface area contributed by atoms with Crippen molar-refractivity contribution < 1.29 is 4.74 Å². The summed E-state index contributed by atoms with van der Waals surface area (Å²) in [6, 6.07) is 6.81. The van der Waals surface area contributed by atoms with E-state index in [1.165, 1.54) is 6.07 Å². The molecule has 15 heavy (non-hydrogen) atoms. The minimum atomic E-state index is -0.129. The molecule has 2 aromatic rings. The van der Waals surface area contributed by atoms with Crippen LogP contribution in [0.15, 0.2) is 41.5 Å². The normalized spacial score (nSPS) is 9.93. The number of rotatable bonds is 2. The van der Waals surface area contributed by atoms with Gasteiger partial charge in [0.15, 0.2) is 0 Å². The van der Waals surface area contributed by atoms with Gasteiger partial charge in [0.2, 0.25) is 5.56 Å². The summed E-state index contributed by atoms with van der Waals surface area (Å²) in [6.07, 6.45) is 3.29. The molecule has 4 nitrogen and oxygen atoms in total. The molecule has 0 aliphatic heterocycles. The Morgan fingerprint density at radius 3 is 2.93 bits per heavy atom. The van der Waals surface area contributed by atoms with Crippen molar-refractivity contribution in [2.24, 2.45) is 0 Å². The molecule has 1 N–H and O–H groups in total. The second kappa shape index (κ2) is 3.96. The van der Waals surface area contributed by atoms with Crippen LogP contribution in [-0.2, 0) is 0 Å². The van der Waals surface area contributed by atoms with E-state index in [1.54, 1.807) is 25.6 Å². The quantitative estimate of drug-likeness (QED) is 0.801. The molecule has 2 heterocycles. The number of nitrogens with one attached hydrogen (secondary N) is 1. The van der Waals surface area contributed by atoms with Crippen LogP contribution in [0.25, 0.3) is 11.3 Å². The molecule has 0 saturated heterocycles. The van der Waals surface area contributed by atoms with Crippen molar-refractivity contribution in [2.45, 2.75) is 0 Å². The van der Waals surface area contributed by atoms with E-state index in [-0.39, 0.29) is 5.56 Å². The maximum atomic E-state index is 11.1. The Labute approximate surface area is 86.6 Å². The summed E-state index contributed by atoms with van der Waals surface area (Å²) in [5, 5.41) is 0. The van der Waals surface area contributed by atoms with Gasteiger partial charge in [-0.05, 0) is 12.1 Å². The topological polar surface area (TPSA) is 55.0 Å². The van der Waals surface area contributed by atoms with Crippen LogP contribution in [0.4, 0.5) is 0 Å². The highest BCUT2D eigenvalue weighted by Crippen LogP contribution is 2.18. The fraction of sp³-hybridized carbons (Fsp3) is 0.0909. The van der Waals surface area contributed by atoms with Crippen LogP contribution in [0, 0.1) is 0 Å². The molecule has 0 amide bonds. The molecule has 0 aliphatic carbocycles. The van der Waals surface area contributed by atoms with Crippen molar-refractivity contribution >= 4 is 0 Å². The minimum absolute atomic E-state index is 0.129. The molecule has 0 aliphatic rings. The highest BCUT2D eigenvalue weighted by molar-refractivity contribution is 5.59. The standard InChI is InChI=1S/C11H10N2O2/c1-15-9-5-8(6-12-7-9)10-3-2-4-11(14)13-10/h2-7H,1H3,(H,13,14). The van der Waals surface area contributed by atoms with Crippen LogP contribution >= 0.6 is 0 Å². The first-order chi connectivity index (χ1) is 7.29. The number of ether oxygens (including phenoxy) is 1. The van der Waals surface area contributed by atoms with Gasteiger partial charge in [-0.1, -0.05) is 6.07 Å². The Morgan fingerprint density at radius 2 is 2.20 bits per heavy atom. The number of H-pyrrole nitrogens is 1. The molecule has 0 spiro atoms. The highest BCUT2D eigenvalue weighted by atomic mass is 16.5. The lowest BCUT2D eigenvalue weighted by molar-refractivity contribution is 0.413. The maximum Gasteiger partial charge on any atom is 0.248 e. The van der Waals surface area contributed by atoms with Gasteiger partial charge in [-0.2, -0.15) is 0 Å². The number of methoxy groups -OCH3 is 1. The second-order valence-corrected chi connectivity index (χ2v) is 3.04. The predicted octanol–water partition coefficient (Wildman–Crippen LogP) is 1.45. The predicted molar refractivity (Wildman–Crippen MR) is 56.8 cm³/mol. The number of aromatic nitrogens is 2. The zero-order valence-corrected chi connectivity index (χ0v) is 8.23. The minimum Gasteiger partial charge on any atom is -0.495 e. The van der Waals surface area contributed by atoms with Crippen LogP contribution < -0.4 is 10.3 Å². The fourth-order valence-electron chi connectivity index (χ4n) is 1.29. The Bertz CT molecular complexity index is 520. The Morgan fingerprint density at radius 1 is 1.33 bits per heavy atom. The third-order valence-electron chi connectivity index (χ3n) is 2.03. The number of pyridine rings is 2.